The molecule has 0 aliphatic carbocycles. The molecule has 1 heterocycles. The van der Waals surface area contributed by atoms with Gasteiger partial charge in [-0.15, -0.1) is 10.2 Å². The Balaban J connectivity index is 2.05. The average Bonchev–Trinajstić information content (AvgIpc) is 2.82. The zero-order chi connectivity index (χ0) is 11.4. The summed E-state index contributed by atoms with van der Waals surface area (Å²) in [5.74, 6) is 0.428. The lowest BCUT2D eigenvalue weighted by Crippen LogP contribution is -2.26. The third-order valence-corrected chi connectivity index (χ3v) is 2.14. The number of aromatic amines is 1. The van der Waals surface area contributed by atoms with E-state index in [4.69, 9.17) is 0 Å². The molecule has 0 aliphatic heterocycles. The number of amides is 1. The molecule has 1 N–H and O–H groups in total. The van der Waals surface area contributed by atoms with Gasteiger partial charge in [0.2, 0.25) is 0 Å². The van der Waals surface area contributed by atoms with Crippen LogP contribution in [0.5, 0.6) is 0 Å². The number of benzene rings is 1. The van der Waals surface area contributed by atoms with Crippen molar-refractivity contribution in [2.24, 2.45) is 0 Å². The summed E-state index contributed by atoms with van der Waals surface area (Å²) in [5.41, 5.74) is 0.647. The maximum atomic E-state index is 11.9. The summed E-state index contributed by atoms with van der Waals surface area (Å²) in [6.07, 6.45) is 0. The molecular weight excluding hydrogens is 206 g/mol. The van der Waals surface area contributed by atoms with Crippen molar-refractivity contribution >= 4 is 5.91 Å². The molecule has 0 unspecified atom stereocenters. The van der Waals surface area contributed by atoms with Crippen LogP contribution in [0.4, 0.5) is 0 Å². The van der Waals surface area contributed by atoms with Crippen LogP contribution in [0.25, 0.3) is 0 Å². The van der Waals surface area contributed by atoms with Crippen LogP contribution in [-0.2, 0) is 6.54 Å². The molecule has 6 heteroatoms. The summed E-state index contributed by atoms with van der Waals surface area (Å²) >= 11 is 0. The largest absolute Gasteiger partial charge is 0.334 e. The number of nitrogens with zero attached hydrogens (tertiary/aromatic N) is 4. The lowest BCUT2D eigenvalue weighted by molar-refractivity contribution is 0.0781. The van der Waals surface area contributed by atoms with E-state index in [2.05, 4.69) is 20.6 Å². The van der Waals surface area contributed by atoms with Gasteiger partial charge in [0, 0.05) is 12.6 Å². The maximum Gasteiger partial charge on any atom is 0.254 e. The molecule has 0 saturated heterocycles. The molecule has 1 aromatic carbocycles. The van der Waals surface area contributed by atoms with Crippen LogP contribution in [0, 0.1) is 0 Å². The highest BCUT2D eigenvalue weighted by Gasteiger charge is 2.12. The van der Waals surface area contributed by atoms with E-state index in [9.17, 15) is 4.79 Å². The number of nitrogens with one attached hydrogen (secondary N) is 1. The monoisotopic (exact) mass is 217 g/mol. The van der Waals surface area contributed by atoms with Gasteiger partial charge < -0.3 is 4.90 Å². The molecule has 0 saturated carbocycles. The van der Waals surface area contributed by atoms with Crippen molar-refractivity contribution in [3.63, 3.8) is 0 Å². The normalized spacial score (nSPS) is 10.1. The van der Waals surface area contributed by atoms with Crippen LogP contribution in [0.15, 0.2) is 30.3 Å². The molecule has 0 aliphatic rings. The predicted octanol–water partition coefficient (Wildman–Crippen LogP) is 0.472. The van der Waals surface area contributed by atoms with E-state index < -0.39 is 0 Å². The van der Waals surface area contributed by atoms with Crippen LogP contribution in [0.3, 0.4) is 0 Å². The molecule has 2 rings (SSSR count). The summed E-state index contributed by atoms with van der Waals surface area (Å²) < 4.78 is 0. The molecule has 0 spiro atoms. The molecule has 1 aromatic heterocycles. The van der Waals surface area contributed by atoms with Gasteiger partial charge in [0.05, 0.1) is 6.54 Å². The van der Waals surface area contributed by atoms with E-state index >= 15 is 0 Å². The summed E-state index contributed by atoms with van der Waals surface area (Å²) in [7, 11) is 1.70. The lowest BCUT2D eigenvalue weighted by Gasteiger charge is -2.14. The number of hydrogen-bond donors (Lipinski definition) is 1. The Morgan fingerprint density at radius 2 is 2.12 bits per heavy atom. The van der Waals surface area contributed by atoms with Gasteiger partial charge in [-0.2, -0.15) is 5.21 Å². The van der Waals surface area contributed by atoms with Crippen molar-refractivity contribution in [2.45, 2.75) is 6.54 Å². The first-order valence-corrected chi connectivity index (χ1v) is 4.80. The number of carbonyl (C=O) groups excluding carboxylic acids is 1. The van der Waals surface area contributed by atoms with Gasteiger partial charge in [0.1, 0.15) is 0 Å². The van der Waals surface area contributed by atoms with Crippen molar-refractivity contribution in [1.29, 1.82) is 0 Å². The quantitative estimate of drug-likeness (QED) is 0.811. The first-order valence-electron chi connectivity index (χ1n) is 4.80. The smallest absolute Gasteiger partial charge is 0.254 e. The molecule has 2 aromatic rings. The minimum atomic E-state index is -0.0644. The van der Waals surface area contributed by atoms with Crippen molar-refractivity contribution < 1.29 is 4.79 Å². The van der Waals surface area contributed by atoms with Crippen molar-refractivity contribution in [3.05, 3.63) is 41.7 Å². The third-order valence-electron chi connectivity index (χ3n) is 2.14. The van der Waals surface area contributed by atoms with Crippen LogP contribution >= 0.6 is 0 Å². The highest BCUT2D eigenvalue weighted by atomic mass is 16.2. The first-order chi connectivity index (χ1) is 7.77. The SMILES string of the molecule is CN(Cc1nn[nH]n1)C(=O)c1ccccc1. The van der Waals surface area contributed by atoms with E-state index in [1.807, 2.05) is 18.2 Å². The van der Waals surface area contributed by atoms with Crippen LogP contribution < -0.4 is 0 Å². The molecule has 0 atom stereocenters. The van der Waals surface area contributed by atoms with E-state index in [1.165, 1.54) is 0 Å². The van der Waals surface area contributed by atoms with E-state index in [0.717, 1.165) is 0 Å². The Morgan fingerprint density at radius 3 is 2.75 bits per heavy atom. The summed E-state index contributed by atoms with van der Waals surface area (Å²) in [6, 6.07) is 9.07. The molecule has 82 valence electrons. The number of hydrogen-bond acceptors (Lipinski definition) is 4. The fraction of sp³-hybridized carbons (Fsp3) is 0.200. The number of rotatable bonds is 3. The molecule has 0 radical (unpaired) electrons. The molecule has 0 bridgehead atoms. The maximum absolute atomic E-state index is 11.9. The fourth-order valence-electron chi connectivity index (χ4n) is 1.33. The Hall–Kier alpha value is -2.24. The van der Waals surface area contributed by atoms with E-state index in [-0.39, 0.29) is 5.91 Å². The average molecular weight is 217 g/mol. The lowest BCUT2D eigenvalue weighted by atomic mass is 10.2. The zero-order valence-corrected chi connectivity index (χ0v) is 8.79. The summed E-state index contributed by atoms with van der Waals surface area (Å²) in [5, 5.41) is 13.4. The topological polar surface area (TPSA) is 74.8 Å². The highest BCUT2D eigenvalue weighted by Crippen LogP contribution is 2.04. The Kier molecular flexibility index (Phi) is 2.90. The zero-order valence-electron chi connectivity index (χ0n) is 8.79. The summed E-state index contributed by atoms with van der Waals surface area (Å²) in [4.78, 5) is 13.5. The van der Waals surface area contributed by atoms with Gasteiger partial charge in [-0.25, -0.2) is 0 Å². The molecule has 16 heavy (non-hydrogen) atoms. The number of carbonyl (C=O) groups is 1. The first kappa shape index (κ1) is 10.3. The number of aromatic nitrogens is 4. The molecule has 0 fully saturated rings. The predicted molar refractivity (Wildman–Crippen MR) is 56.4 cm³/mol. The van der Waals surface area contributed by atoms with Crippen LogP contribution in [-0.4, -0.2) is 38.5 Å². The number of H-pyrrole nitrogens is 1. The van der Waals surface area contributed by atoms with Gasteiger partial charge in [-0.3, -0.25) is 4.79 Å². The van der Waals surface area contributed by atoms with Gasteiger partial charge in [-0.05, 0) is 12.1 Å². The Bertz CT molecular complexity index is 453. The van der Waals surface area contributed by atoms with Crippen molar-refractivity contribution in [1.82, 2.24) is 25.5 Å². The third kappa shape index (κ3) is 2.22. The van der Waals surface area contributed by atoms with Gasteiger partial charge in [-0.1, -0.05) is 23.4 Å². The Labute approximate surface area is 92.3 Å². The van der Waals surface area contributed by atoms with Gasteiger partial charge in [0.25, 0.3) is 5.91 Å². The Morgan fingerprint density at radius 1 is 1.38 bits per heavy atom. The molecule has 1 amide bonds. The van der Waals surface area contributed by atoms with Crippen molar-refractivity contribution in [2.75, 3.05) is 7.05 Å². The summed E-state index contributed by atoms with van der Waals surface area (Å²) in [6.45, 7) is 0.338. The second-order valence-corrected chi connectivity index (χ2v) is 3.36. The second-order valence-electron chi connectivity index (χ2n) is 3.36. The molecule has 6 nitrogen and oxygen atoms in total. The minimum Gasteiger partial charge on any atom is -0.334 e. The standard InChI is InChI=1S/C10H11N5O/c1-15(7-9-11-13-14-12-9)10(16)8-5-3-2-4-6-8/h2-6H,7H2,1H3,(H,11,12,13,14). The van der Waals surface area contributed by atoms with Crippen LogP contribution in [0.2, 0.25) is 0 Å². The van der Waals surface area contributed by atoms with Gasteiger partial charge in [0.15, 0.2) is 5.82 Å². The highest BCUT2D eigenvalue weighted by molar-refractivity contribution is 5.93. The minimum absolute atomic E-state index is 0.0644. The number of tetrazole rings is 1. The molecular formula is C10H11N5O. The second kappa shape index (κ2) is 4.52. The van der Waals surface area contributed by atoms with Crippen molar-refractivity contribution in [3.8, 4) is 0 Å². The fourth-order valence-corrected chi connectivity index (χ4v) is 1.33. The van der Waals surface area contributed by atoms with E-state index in [0.29, 0.717) is 17.9 Å². The van der Waals surface area contributed by atoms with E-state index in [1.54, 1.807) is 24.1 Å². The van der Waals surface area contributed by atoms with Gasteiger partial charge >= 0.3 is 0 Å². The van der Waals surface area contributed by atoms with Crippen LogP contribution in [0.1, 0.15) is 16.2 Å².